The van der Waals surface area contributed by atoms with E-state index < -0.39 is 11.6 Å². The number of rotatable bonds is 4. The van der Waals surface area contributed by atoms with Crippen LogP contribution < -0.4 is 5.32 Å². The molecular weight excluding hydrogens is 260 g/mol. The lowest BCUT2D eigenvalue weighted by Crippen LogP contribution is -2.37. The lowest BCUT2D eigenvalue weighted by molar-refractivity contribution is -0.121. The quantitative estimate of drug-likeness (QED) is 0.896. The topological polar surface area (TPSA) is 29.1 Å². The second kappa shape index (κ2) is 6.64. The van der Waals surface area contributed by atoms with E-state index in [0.29, 0.717) is 0 Å². The van der Waals surface area contributed by atoms with Crippen molar-refractivity contribution in [3.8, 4) is 0 Å². The summed E-state index contributed by atoms with van der Waals surface area (Å²) >= 11 is 0. The van der Waals surface area contributed by atoms with Gasteiger partial charge in [-0.25, -0.2) is 8.78 Å². The van der Waals surface area contributed by atoms with Gasteiger partial charge in [0, 0.05) is 17.2 Å². The van der Waals surface area contributed by atoms with Crippen LogP contribution in [-0.4, -0.2) is 11.9 Å². The zero-order valence-electron chi connectivity index (χ0n) is 11.4. The molecule has 0 radical (unpaired) electrons. The molecule has 2 rings (SSSR count). The Kier molecular flexibility index (Phi) is 4.88. The van der Waals surface area contributed by atoms with E-state index >= 15 is 0 Å². The molecule has 0 aromatic heterocycles. The Labute approximate surface area is 117 Å². The number of carbonyl (C=O) groups is 1. The SMILES string of the molecule is C=Cc1cc(F)c(CC(=O)NC2CCCCC2)cc1F. The zero-order chi connectivity index (χ0) is 14.5. The average Bonchev–Trinajstić information content (AvgIpc) is 2.43. The molecule has 20 heavy (non-hydrogen) atoms. The third kappa shape index (κ3) is 3.65. The van der Waals surface area contributed by atoms with E-state index in [9.17, 15) is 13.6 Å². The maximum absolute atomic E-state index is 13.8. The highest BCUT2D eigenvalue weighted by Gasteiger charge is 2.17. The van der Waals surface area contributed by atoms with Crippen molar-refractivity contribution in [3.63, 3.8) is 0 Å². The highest BCUT2D eigenvalue weighted by atomic mass is 19.1. The van der Waals surface area contributed by atoms with Crippen molar-refractivity contribution in [3.05, 3.63) is 41.5 Å². The van der Waals surface area contributed by atoms with Crippen molar-refractivity contribution in [1.29, 1.82) is 0 Å². The predicted molar refractivity (Wildman–Crippen MR) is 75.2 cm³/mol. The van der Waals surface area contributed by atoms with Crippen LogP contribution in [0.15, 0.2) is 18.7 Å². The van der Waals surface area contributed by atoms with E-state index in [0.717, 1.165) is 37.8 Å². The molecule has 0 aliphatic heterocycles. The lowest BCUT2D eigenvalue weighted by atomic mass is 9.95. The third-order valence-corrected chi connectivity index (χ3v) is 3.71. The van der Waals surface area contributed by atoms with E-state index in [-0.39, 0.29) is 29.5 Å². The molecule has 1 aliphatic rings. The lowest BCUT2D eigenvalue weighted by Gasteiger charge is -2.22. The summed E-state index contributed by atoms with van der Waals surface area (Å²) in [5.74, 6) is -1.37. The minimum absolute atomic E-state index is 0.0846. The van der Waals surface area contributed by atoms with Gasteiger partial charge in [-0.15, -0.1) is 0 Å². The fraction of sp³-hybridized carbons (Fsp3) is 0.438. The first-order valence-corrected chi connectivity index (χ1v) is 7.00. The summed E-state index contributed by atoms with van der Waals surface area (Å²) < 4.78 is 27.3. The van der Waals surface area contributed by atoms with Gasteiger partial charge in [-0.3, -0.25) is 4.79 Å². The van der Waals surface area contributed by atoms with Crippen LogP contribution in [0, 0.1) is 11.6 Å². The molecule has 0 bridgehead atoms. The molecule has 0 spiro atoms. The van der Waals surface area contributed by atoms with Crippen molar-refractivity contribution in [1.82, 2.24) is 5.32 Å². The summed E-state index contributed by atoms with van der Waals surface area (Å²) in [5, 5.41) is 2.89. The average molecular weight is 279 g/mol. The molecule has 1 fully saturated rings. The van der Waals surface area contributed by atoms with Crippen molar-refractivity contribution < 1.29 is 13.6 Å². The molecule has 0 saturated heterocycles. The summed E-state index contributed by atoms with van der Waals surface area (Å²) in [6.07, 6.45) is 6.50. The third-order valence-electron chi connectivity index (χ3n) is 3.71. The monoisotopic (exact) mass is 279 g/mol. The molecular formula is C16H19F2NO. The zero-order valence-corrected chi connectivity index (χ0v) is 11.4. The van der Waals surface area contributed by atoms with Gasteiger partial charge in [0.2, 0.25) is 5.91 Å². The molecule has 1 aliphatic carbocycles. The van der Waals surface area contributed by atoms with Gasteiger partial charge in [-0.2, -0.15) is 0 Å². The molecule has 4 heteroatoms. The maximum atomic E-state index is 13.8. The minimum Gasteiger partial charge on any atom is -0.353 e. The maximum Gasteiger partial charge on any atom is 0.224 e. The largest absolute Gasteiger partial charge is 0.353 e. The molecule has 1 amide bonds. The summed E-state index contributed by atoms with van der Waals surface area (Å²) in [6, 6.07) is 2.33. The van der Waals surface area contributed by atoms with Gasteiger partial charge in [-0.05, 0) is 25.0 Å². The fourth-order valence-corrected chi connectivity index (χ4v) is 2.59. The molecule has 2 nitrogen and oxygen atoms in total. The minimum atomic E-state index is -0.569. The number of nitrogens with one attached hydrogen (secondary N) is 1. The van der Waals surface area contributed by atoms with Gasteiger partial charge in [-0.1, -0.05) is 31.9 Å². The van der Waals surface area contributed by atoms with E-state index in [4.69, 9.17) is 0 Å². The standard InChI is InChI=1S/C16H19F2NO/c1-2-11-8-15(18)12(9-14(11)17)10-16(20)19-13-6-4-3-5-7-13/h2,8-9,13H,1,3-7,10H2,(H,19,20). The van der Waals surface area contributed by atoms with E-state index in [1.54, 1.807) is 0 Å². The van der Waals surface area contributed by atoms with Gasteiger partial charge in [0.05, 0.1) is 6.42 Å². The molecule has 1 aromatic rings. The molecule has 0 heterocycles. The summed E-state index contributed by atoms with van der Waals surface area (Å²) in [6.45, 7) is 3.41. The Balaban J connectivity index is 2.00. The van der Waals surface area contributed by atoms with E-state index in [2.05, 4.69) is 11.9 Å². The smallest absolute Gasteiger partial charge is 0.224 e. The number of hydrogen-bond donors (Lipinski definition) is 1. The first-order chi connectivity index (χ1) is 9.60. The normalized spacial score (nSPS) is 15.9. The Morgan fingerprint density at radius 3 is 2.60 bits per heavy atom. The number of hydrogen-bond acceptors (Lipinski definition) is 1. The van der Waals surface area contributed by atoms with Gasteiger partial charge < -0.3 is 5.32 Å². The van der Waals surface area contributed by atoms with Gasteiger partial charge in [0.15, 0.2) is 0 Å². The van der Waals surface area contributed by atoms with Crippen molar-refractivity contribution >= 4 is 12.0 Å². The molecule has 1 N–H and O–H groups in total. The molecule has 0 atom stereocenters. The van der Waals surface area contributed by atoms with Crippen LogP contribution in [0.4, 0.5) is 8.78 Å². The van der Waals surface area contributed by atoms with E-state index in [1.807, 2.05) is 0 Å². The Morgan fingerprint density at radius 2 is 1.95 bits per heavy atom. The van der Waals surface area contributed by atoms with Crippen LogP contribution in [0.5, 0.6) is 0 Å². The number of halogens is 2. The fourth-order valence-electron chi connectivity index (χ4n) is 2.59. The van der Waals surface area contributed by atoms with Crippen LogP contribution >= 0.6 is 0 Å². The van der Waals surface area contributed by atoms with Crippen LogP contribution in [0.1, 0.15) is 43.2 Å². The molecule has 1 aromatic carbocycles. The van der Waals surface area contributed by atoms with Crippen molar-refractivity contribution in [2.45, 2.75) is 44.6 Å². The van der Waals surface area contributed by atoms with Gasteiger partial charge in [0.25, 0.3) is 0 Å². The number of amides is 1. The summed E-state index contributed by atoms with van der Waals surface area (Å²) in [5.41, 5.74) is 0.195. The second-order valence-electron chi connectivity index (χ2n) is 5.25. The molecule has 1 saturated carbocycles. The van der Waals surface area contributed by atoms with E-state index in [1.165, 1.54) is 12.5 Å². The highest BCUT2D eigenvalue weighted by Crippen LogP contribution is 2.19. The van der Waals surface area contributed by atoms with Crippen LogP contribution in [0.2, 0.25) is 0 Å². The molecule has 0 unspecified atom stereocenters. The predicted octanol–water partition coefficient (Wildman–Crippen LogP) is 3.60. The first kappa shape index (κ1) is 14.7. The Hall–Kier alpha value is -1.71. The highest BCUT2D eigenvalue weighted by molar-refractivity contribution is 5.79. The van der Waals surface area contributed by atoms with Crippen molar-refractivity contribution in [2.24, 2.45) is 0 Å². The summed E-state index contributed by atoms with van der Waals surface area (Å²) in [7, 11) is 0. The van der Waals surface area contributed by atoms with Crippen LogP contribution in [0.25, 0.3) is 6.08 Å². The van der Waals surface area contributed by atoms with Gasteiger partial charge >= 0.3 is 0 Å². The number of benzene rings is 1. The van der Waals surface area contributed by atoms with Gasteiger partial charge in [0.1, 0.15) is 11.6 Å². The van der Waals surface area contributed by atoms with Crippen LogP contribution in [0.3, 0.4) is 0 Å². The second-order valence-corrected chi connectivity index (χ2v) is 5.25. The summed E-state index contributed by atoms with van der Waals surface area (Å²) in [4.78, 5) is 11.9. The Morgan fingerprint density at radius 1 is 1.25 bits per heavy atom. The molecule has 108 valence electrons. The van der Waals surface area contributed by atoms with Crippen LogP contribution in [-0.2, 0) is 11.2 Å². The van der Waals surface area contributed by atoms with Crippen molar-refractivity contribution in [2.75, 3.05) is 0 Å². The Bertz CT molecular complexity index is 507. The first-order valence-electron chi connectivity index (χ1n) is 7.00. The number of carbonyl (C=O) groups excluding carboxylic acids is 1.